The number of para-hydroxylation sites is 1. The molecule has 0 saturated heterocycles. The van der Waals surface area contributed by atoms with Gasteiger partial charge < -0.3 is 23.4 Å². The van der Waals surface area contributed by atoms with Crippen molar-refractivity contribution in [1.29, 1.82) is 0 Å². The summed E-state index contributed by atoms with van der Waals surface area (Å²) in [6, 6.07) is 12.3. The topological polar surface area (TPSA) is 84.2 Å². The summed E-state index contributed by atoms with van der Waals surface area (Å²) < 4.78 is 27.4. The maximum atomic E-state index is 12.9. The number of esters is 1. The third kappa shape index (κ3) is 3.08. The van der Waals surface area contributed by atoms with Crippen LogP contribution in [0.1, 0.15) is 24.0 Å². The Morgan fingerprint density at radius 3 is 2.55 bits per heavy atom. The molecule has 0 bridgehead atoms. The molecule has 29 heavy (non-hydrogen) atoms. The van der Waals surface area contributed by atoms with Crippen LogP contribution in [0.25, 0.3) is 11.0 Å². The van der Waals surface area contributed by atoms with E-state index in [0.717, 1.165) is 0 Å². The molecule has 0 radical (unpaired) electrons. The van der Waals surface area contributed by atoms with E-state index in [4.69, 9.17) is 23.4 Å². The van der Waals surface area contributed by atoms with Gasteiger partial charge in [0.05, 0.1) is 37.7 Å². The van der Waals surface area contributed by atoms with Crippen molar-refractivity contribution >= 4 is 16.9 Å². The quantitative estimate of drug-likeness (QED) is 0.483. The van der Waals surface area contributed by atoms with E-state index in [1.807, 2.05) is 6.07 Å². The first-order chi connectivity index (χ1) is 14.1. The summed E-state index contributed by atoms with van der Waals surface area (Å²) >= 11 is 0. The molecule has 7 nitrogen and oxygen atoms in total. The van der Waals surface area contributed by atoms with Gasteiger partial charge in [0.2, 0.25) is 6.10 Å². The van der Waals surface area contributed by atoms with Crippen molar-refractivity contribution in [3.05, 3.63) is 64.0 Å². The number of ether oxygens (including phenoxy) is 4. The van der Waals surface area contributed by atoms with Crippen molar-refractivity contribution in [1.82, 2.24) is 0 Å². The van der Waals surface area contributed by atoms with Gasteiger partial charge in [-0.25, -0.2) is 9.59 Å². The molecule has 1 aliphatic rings. The fourth-order valence-corrected chi connectivity index (χ4v) is 3.67. The first-order valence-corrected chi connectivity index (χ1v) is 9.20. The molecule has 7 heteroatoms. The van der Waals surface area contributed by atoms with Crippen LogP contribution in [-0.4, -0.2) is 32.9 Å². The second-order valence-electron chi connectivity index (χ2n) is 6.51. The lowest BCUT2D eigenvalue weighted by molar-refractivity contribution is -0.151. The largest absolute Gasteiger partial charge is 0.493 e. The van der Waals surface area contributed by atoms with E-state index in [9.17, 15) is 9.59 Å². The summed E-state index contributed by atoms with van der Waals surface area (Å²) in [5, 5.41) is 0.624. The van der Waals surface area contributed by atoms with Crippen molar-refractivity contribution in [3.8, 4) is 17.2 Å². The molecule has 0 unspecified atom stereocenters. The van der Waals surface area contributed by atoms with Crippen molar-refractivity contribution in [2.45, 2.75) is 18.9 Å². The van der Waals surface area contributed by atoms with Gasteiger partial charge in [0.15, 0.2) is 11.5 Å². The number of hydrogen-bond acceptors (Lipinski definition) is 7. The maximum absolute atomic E-state index is 12.9. The zero-order valence-electron chi connectivity index (χ0n) is 16.3. The van der Waals surface area contributed by atoms with E-state index in [0.29, 0.717) is 33.8 Å². The molecule has 2 heterocycles. The van der Waals surface area contributed by atoms with Crippen LogP contribution in [0.3, 0.4) is 0 Å². The van der Waals surface area contributed by atoms with E-state index in [1.54, 1.807) is 43.3 Å². The number of carbonyl (C=O) groups excluding carboxylic acids is 1. The Bertz CT molecular complexity index is 1130. The Kier molecular flexibility index (Phi) is 4.88. The molecular formula is C22H20O7. The normalized spacial score (nSPS) is 17.5. The standard InChI is InChI=1S/C22H20O7/c1-4-27-22(24)20-17(12-9-10-15(25-2)16(11-12)26-3)18-19(29-20)13-7-5-6-8-14(13)28-21(18)23/h5-11,17,20H,4H2,1-3H3/t17-,20+/m1/s1. The monoisotopic (exact) mass is 396 g/mol. The molecule has 4 rings (SSSR count). The van der Waals surface area contributed by atoms with Gasteiger partial charge in [-0.2, -0.15) is 0 Å². The average molecular weight is 396 g/mol. The lowest BCUT2D eigenvalue weighted by atomic mass is 9.88. The molecule has 2 aromatic carbocycles. The van der Waals surface area contributed by atoms with Gasteiger partial charge >= 0.3 is 11.6 Å². The first-order valence-electron chi connectivity index (χ1n) is 9.20. The molecule has 2 atom stereocenters. The van der Waals surface area contributed by atoms with E-state index >= 15 is 0 Å². The number of rotatable bonds is 5. The number of fused-ring (bicyclic) bond motifs is 3. The van der Waals surface area contributed by atoms with Gasteiger partial charge in [0.25, 0.3) is 0 Å². The molecular weight excluding hydrogens is 376 g/mol. The van der Waals surface area contributed by atoms with Crippen LogP contribution in [0, 0.1) is 0 Å². The van der Waals surface area contributed by atoms with E-state index in [1.165, 1.54) is 14.2 Å². The third-order valence-corrected chi connectivity index (χ3v) is 4.94. The van der Waals surface area contributed by atoms with E-state index in [2.05, 4.69) is 0 Å². The average Bonchev–Trinajstić information content (AvgIpc) is 3.15. The first kappa shape index (κ1) is 18.9. The molecule has 3 aromatic rings. The van der Waals surface area contributed by atoms with Crippen LogP contribution in [0.15, 0.2) is 51.7 Å². The zero-order valence-corrected chi connectivity index (χ0v) is 16.3. The summed E-state index contributed by atoms with van der Waals surface area (Å²) in [6.45, 7) is 1.91. The maximum Gasteiger partial charge on any atom is 0.348 e. The van der Waals surface area contributed by atoms with Crippen LogP contribution >= 0.6 is 0 Å². The van der Waals surface area contributed by atoms with Gasteiger partial charge in [-0.1, -0.05) is 18.2 Å². The summed E-state index contributed by atoms with van der Waals surface area (Å²) in [6.07, 6.45) is -1.02. The molecule has 0 amide bonds. The molecule has 1 aromatic heterocycles. The molecule has 0 saturated carbocycles. The van der Waals surface area contributed by atoms with E-state index in [-0.39, 0.29) is 12.2 Å². The summed E-state index contributed by atoms with van der Waals surface area (Å²) in [5.74, 6) is 0.103. The Balaban J connectivity index is 1.94. The van der Waals surface area contributed by atoms with Crippen molar-refractivity contribution in [3.63, 3.8) is 0 Å². The molecule has 150 valence electrons. The minimum Gasteiger partial charge on any atom is -0.493 e. The summed E-state index contributed by atoms with van der Waals surface area (Å²) in [7, 11) is 3.05. The van der Waals surface area contributed by atoms with Gasteiger partial charge in [-0.3, -0.25) is 0 Å². The van der Waals surface area contributed by atoms with Gasteiger partial charge in [-0.05, 0) is 36.8 Å². The summed E-state index contributed by atoms with van der Waals surface area (Å²) in [5.41, 5.74) is 0.785. The second-order valence-corrected chi connectivity index (χ2v) is 6.51. The SMILES string of the molecule is CCOC(=O)[C@H]1Oc2c(c(=O)oc3ccccc23)[C@H]1c1ccc(OC)c(OC)c1. The zero-order chi connectivity index (χ0) is 20.5. The highest BCUT2D eigenvalue weighted by molar-refractivity contribution is 5.88. The van der Waals surface area contributed by atoms with Crippen molar-refractivity contribution in [2.75, 3.05) is 20.8 Å². The minimum absolute atomic E-state index is 0.197. The fourth-order valence-electron chi connectivity index (χ4n) is 3.67. The van der Waals surface area contributed by atoms with Crippen molar-refractivity contribution in [2.24, 2.45) is 0 Å². The second kappa shape index (κ2) is 7.50. The fraction of sp³-hybridized carbons (Fsp3) is 0.273. The molecule has 1 aliphatic heterocycles. The number of methoxy groups -OCH3 is 2. The Morgan fingerprint density at radius 2 is 1.83 bits per heavy atom. The highest BCUT2D eigenvalue weighted by atomic mass is 16.6. The van der Waals surface area contributed by atoms with Gasteiger partial charge in [0.1, 0.15) is 11.3 Å². The predicted octanol–water partition coefficient (Wildman–Crippen LogP) is 3.27. The Hall–Kier alpha value is -3.48. The van der Waals surface area contributed by atoms with Crippen molar-refractivity contribution < 1.29 is 28.2 Å². The highest BCUT2D eigenvalue weighted by Gasteiger charge is 2.45. The summed E-state index contributed by atoms with van der Waals surface area (Å²) in [4.78, 5) is 25.5. The number of hydrogen-bond donors (Lipinski definition) is 0. The lowest BCUT2D eigenvalue weighted by Crippen LogP contribution is -2.32. The van der Waals surface area contributed by atoms with Crippen LogP contribution in [0.5, 0.6) is 17.2 Å². The highest BCUT2D eigenvalue weighted by Crippen LogP contribution is 2.45. The molecule has 0 fully saturated rings. The Morgan fingerprint density at radius 1 is 1.07 bits per heavy atom. The molecule has 0 spiro atoms. The van der Waals surface area contributed by atoms with Crippen LogP contribution in [-0.2, 0) is 9.53 Å². The molecule has 0 N–H and O–H groups in total. The minimum atomic E-state index is -1.02. The smallest absolute Gasteiger partial charge is 0.348 e. The van der Waals surface area contributed by atoms with Crippen LogP contribution in [0.4, 0.5) is 0 Å². The lowest BCUT2D eigenvalue weighted by Gasteiger charge is -2.18. The van der Waals surface area contributed by atoms with Gasteiger partial charge in [-0.15, -0.1) is 0 Å². The van der Waals surface area contributed by atoms with Crippen LogP contribution < -0.4 is 19.8 Å². The third-order valence-electron chi connectivity index (χ3n) is 4.94. The van der Waals surface area contributed by atoms with Crippen LogP contribution in [0.2, 0.25) is 0 Å². The Labute approximate surface area is 166 Å². The van der Waals surface area contributed by atoms with Gasteiger partial charge in [0, 0.05) is 0 Å². The number of carbonyl (C=O) groups is 1. The molecule has 0 aliphatic carbocycles. The van der Waals surface area contributed by atoms with E-state index < -0.39 is 23.6 Å². The predicted molar refractivity (Wildman–Crippen MR) is 105 cm³/mol. The number of benzene rings is 2.